The topological polar surface area (TPSA) is 35.9 Å². The molecule has 5 heteroatoms. The molecule has 3 aromatic heterocycles. The van der Waals surface area contributed by atoms with E-state index in [1.165, 1.54) is 4.57 Å². The quantitative estimate of drug-likeness (QED) is 0.128. The van der Waals surface area contributed by atoms with Crippen molar-refractivity contribution in [3.05, 3.63) is 223 Å². The van der Waals surface area contributed by atoms with Gasteiger partial charge in [-0.25, -0.2) is 4.98 Å². The van der Waals surface area contributed by atoms with Crippen molar-refractivity contribution in [1.82, 2.24) is 14.1 Å². The number of benzene rings is 8. The molecule has 0 saturated carbocycles. The first-order chi connectivity index (χ1) is 43.7. The Balaban J connectivity index is 1.11. The molecular weight excluding hydrogens is 913 g/mol. The van der Waals surface area contributed by atoms with Crippen molar-refractivity contribution in [1.29, 1.82) is 0 Å². The lowest BCUT2D eigenvalue weighted by Crippen LogP contribution is -2.31. The minimum Gasteiger partial charge on any atom is -0.457 e. The van der Waals surface area contributed by atoms with Gasteiger partial charge in [0, 0.05) is 55.4 Å². The molecule has 0 bridgehead atoms. The van der Waals surface area contributed by atoms with Gasteiger partial charge in [-0.3, -0.25) is 4.57 Å². The van der Waals surface area contributed by atoms with Crippen LogP contribution in [0.15, 0.2) is 200 Å². The fourth-order valence-corrected chi connectivity index (χ4v) is 9.74. The first-order valence-electron chi connectivity index (χ1n) is 34.5. The summed E-state index contributed by atoms with van der Waals surface area (Å²) in [6, 6.07) is 31.3. The summed E-state index contributed by atoms with van der Waals surface area (Å²) in [6.07, 6.45) is -0.102. The zero-order valence-corrected chi connectivity index (χ0v) is 43.5. The highest BCUT2D eigenvalue weighted by atomic mass is 16.5. The fraction of sp³-hybridized carbons (Fsp3) is 0.229. The molecule has 0 aliphatic carbocycles. The van der Waals surface area contributed by atoms with E-state index in [1.807, 2.05) is 70.1 Å². The zero-order chi connectivity index (χ0) is 68.8. The average molecular weight is 1000 g/mol. The molecule has 11 aromatic rings. The third kappa shape index (κ3) is 9.57. The molecular formula is C70H69N4O+. The lowest BCUT2D eigenvalue weighted by molar-refractivity contribution is -0.566. The molecule has 0 radical (unpaired) electrons. The summed E-state index contributed by atoms with van der Waals surface area (Å²) >= 11 is 0. The van der Waals surface area contributed by atoms with E-state index in [-0.39, 0.29) is 40.0 Å². The van der Waals surface area contributed by atoms with Crippen LogP contribution in [0.25, 0.3) is 83.4 Å². The Hall–Kier alpha value is -8.02. The van der Waals surface area contributed by atoms with Crippen LogP contribution in [-0.4, -0.2) is 14.1 Å². The van der Waals surface area contributed by atoms with Gasteiger partial charge in [0.1, 0.15) is 28.7 Å². The maximum absolute atomic E-state index is 9.90. The van der Waals surface area contributed by atoms with Gasteiger partial charge < -0.3 is 4.74 Å². The molecule has 0 aliphatic heterocycles. The molecule has 0 fully saturated rings. The Morgan fingerprint density at radius 2 is 1.16 bits per heavy atom. The average Bonchev–Trinajstić information content (AvgIpc) is 1.28. The number of hydrogen-bond donors (Lipinski definition) is 0. The highest BCUT2D eigenvalue weighted by Gasteiger charge is 2.30. The van der Waals surface area contributed by atoms with Crippen molar-refractivity contribution in [2.24, 2.45) is 5.89 Å². The number of ether oxygens (including phenoxy) is 1. The lowest BCUT2D eigenvalue weighted by atomic mass is 9.77. The minimum atomic E-state index is -3.53. The highest BCUT2D eigenvalue weighted by Crippen LogP contribution is 2.43. The normalized spacial score (nSPS) is 16.5. The molecule has 11 rings (SSSR count). The monoisotopic (exact) mass is 1000 g/mol. The predicted octanol–water partition coefficient (Wildman–Crippen LogP) is 18.3. The molecule has 0 aliphatic rings. The number of aromatic nitrogens is 4. The molecule has 5 nitrogen and oxygen atoms in total. The molecule has 374 valence electrons. The maximum Gasteiger partial charge on any atom is 0.255 e. The summed E-state index contributed by atoms with van der Waals surface area (Å²) in [7, 11) is 0. The first kappa shape index (κ1) is 31.7. The van der Waals surface area contributed by atoms with Crippen molar-refractivity contribution in [3.8, 4) is 62.1 Å². The van der Waals surface area contributed by atoms with Gasteiger partial charge in [0.25, 0.3) is 6.33 Å². The van der Waals surface area contributed by atoms with E-state index in [2.05, 4.69) is 91.6 Å². The number of imidazole rings is 1. The smallest absolute Gasteiger partial charge is 0.255 e. The van der Waals surface area contributed by atoms with E-state index < -0.39 is 109 Å². The number of rotatable bonds is 10. The van der Waals surface area contributed by atoms with Crippen LogP contribution in [0.5, 0.6) is 11.5 Å². The fourth-order valence-electron chi connectivity index (χ4n) is 9.74. The highest BCUT2D eigenvalue weighted by molar-refractivity contribution is 6.09. The maximum atomic E-state index is 9.90. The van der Waals surface area contributed by atoms with E-state index in [0.29, 0.717) is 44.5 Å². The summed E-state index contributed by atoms with van der Waals surface area (Å²) in [4.78, 5) is 4.56. The Morgan fingerprint density at radius 1 is 0.573 bits per heavy atom. The molecule has 0 amide bonds. The molecule has 0 spiro atoms. The van der Waals surface area contributed by atoms with Crippen molar-refractivity contribution in [2.75, 3.05) is 0 Å². The Kier molecular flexibility index (Phi) is 8.03. The van der Waals surface area contributed by atoms with Crippen LogP contribution in [0, 0.1) is 5.89 Å². The number of para-hydroxylation sites is 3. The molecule has 0 unspecified atom stereocenters. The molecule has 3 heterocycles. The van der Waals surface area contributed by atoms with Gasteiger partial charge in [-0.15, -0.1) is 0 Å². The van der Waals surface area contributed by atoms with Crippen LogP contribution in [0.1, 0.15) is 124 Å². The number of fused-ring (bicyclic) bond motifs is 4. The molecule has 0 N–H and O–H groups in total. The van der Waals surface area contributed by atoms with Gasteiger partial charge in [-0.2, -0.15) is 9.13 Å². The summed E-state index contributed by atoms with van der Waals surface area (Å²) in [6.45, 7) is 12.2. The summed E-state index contributed by atoms with van der Waals surface area (Å²) in [5.74, 6) is -3.00. The van der Waals surface area contributed by atoms with E-state index in [4.69, 9.17) is 25.3 Å². The van der Waals surface area contributed by atoms with Crippen LogP contribution < -0.4 is 9.30 Å². The van der Waals surface area contributed by atoms with Crippen LogP contribution in [-0.2, 0) is 22.7 Å². The van der Waals surface area contributed by atoms with Crippen molar-refractivity contribution < 1.29 is 35.3 Å². The summed E-state index contributed by atoms with van der Waals surface area (Å²) in [5.41, 5.74) is 5.86. The number of hydrogen-bond acceptors (Lipinski definition) is 2. The van der Waals surface area contributed by atoms with E-state index in [9.17, 15) is 5.48 Å². The van der Waals surface area contributed by atoms with E-state index in [1.54, 1.807) is 42.5 Å². The van der Waals surface area contributed by atoms with Crippen molar-refractivity contribution in [3.63, 3.8) is 0 Å². The van der Waals surface area contributed by atoms with Crippen LogP contribution >= 0.6 is 0 Å². The Morgan fingerprint density at radius 3 is 1.83 bits per heavy atom. The van der Waals surface area contributed by atoms with Gasteiger partial charge in [-0.05, 0) is 128 Å². The van der Waals surface area contributed by atoms with Crippen LogP contribution in [0.2, 0.25) is 0 Å². The standard InChI is InChI=1S/C70H69N4O/c1-46(2)35-49-38-66(71-44-61(49)48-25-16-13-17-26-48)74-62-30-19-18-29-57(62)58-34-33-56(43-65(58)74)75-55-28-22-27-54(42-55)72-45-73(64-32-21-20-31-63(64)72)67-59(47-23-14-12-15-24-47)40-53(70(9,10)11)41-60(67)50-36-51(68(3,4)5)39-52(37-50)69(6,7)8/h12-34,36-46H,35H2,1-11H3/q+1/i1D3,2D3,12D,13D,14D,15D,16D,17D,23D,24D,25D,26D,38D,44D,46D. The second-order valence-electron chi connectivity index (χ2n) is 22.1. The molecule has 75 heavy (non-hydrogen) atoms. The second-order valence-corrected chi connectivity index (χ2v) is 22.1. The van der Waals surface area contributed by atoms with E-state index >= 15 is 0 Å². The van der Waals surface area contributed by atoms with Gasteiger partial charge in [-0.1, -0.05) is 191 Å². The Bertz CT molecular complexity index is 4840. The SMILES string of the molecule is [2H]c1nc(-n2c3ccccc3c3ccc(Oc4cccc(-n5c[n+](-c6c(-c7cc(C(C)(C)C)cc(C(C)(C)C)c7)cc(C(C)(C)C)cc6-c6c([2H])c([2H])c([2H])c([2H])c6[2H])c6ccccc65)c4)cc32)c([2H])c(CC([2H])(C([2H])([2H])[2H])C([2H])([2H])[2H])c1-c1c([2H])c([2H])c([2H])c([2H])c1[2H]. The number of pyridine rings is 1. The molecule has 0 atom stereocenters. The lowest BCUT2D eigenvalue weighted by Gasteiger charge is -2.28. The first-order valence-corrected chi connectivity index (χ1v) is 25.0. The third-order valence-corrected chi connectivity index (χ3v) is 13.7. The Labute approximate surface area is 470 Å². The van der Waals surface area contributed by atoms with Gasteiger partial charge in [0.15, 0.2) is 11.0 Å². The minimum absolute atomic E-state index is 0.0460. The number of nitrogens with zero attached hydrogens (tertiary/aromatic N) is 4. The van der Waals surface area contributed by atoms with Gasteiger partial charge in [0.2, 0.25) is 0 Å². The van der Waals surface area contributed by atoms with Gasteiger partial charge in [0.05, 0.1) is 27.5 Å². The second kappa shape index (κ2) is 19.0. The molecule has 0 saturated heterocycles. The third-order valence-electron chi connectivity index (χ3n) is 13.7. The van der Waals surface area contributed by atoms with Crippen LogP contribution in [0.4, 0.5) is 0 Å². The summed E-state index contributed by atoms with van der Waals surface area (Å²) in [5, 5.41) is 1.26. The van der Waals surface area contributed by atoms with Crippen molar-refractivity contribution in [2.45, 2.75) is 98.7 Å². The summed E-state index contributed by atoms with van der Waals surface area (Å²) < 4.78 is 179. The van der Waals surface area contributed by atoms with Crippen molar-refractivity contribution >= 4 is 32.8 Å². The predicted molar refractivity (Wildman–Crippen MR) is 314 cm³/mol. The largest absolute Gasteiger partial charge is 0.457 e. The van der Waals surface area contributed by atoms with Crippen LogP contribution in [0.3, 0.4) is 0 Å². The van der Waals surface area contributed by atoms with E-state index in [0.717, 1.165) is 38.9 Å². The molecule has 8 aromatic carbocycles. The zero-order valence-electron chi connectivity index (χ0n) is 62.5. The van der Waals surface area contributed by atoms with Gasteiger partial charge >= 0.3 is 0 Å².